The molecule has 120 valence electrons. The molecule has 0 aliphatic carbocycles. The van der Waals surface area contributed by atoms with E-state index in [2.05, 4.69) is 0 Å². The van der Waals surface area contributed by atoms with Crippen LogP contribution in [0.4, 0.5) is 13.2 Å². The van der Waals surface area contributed by atoms with Gasteiger partial charge in [0.2, 0.25) is 0 Å². The van der Waals surface area contributed by atoms with E-state index >= 15 is 0 Å². The fraction of sp³-hybridized carbons (Fsp3) is 0.118. The predicted molar refractivity (Wildman–Crippen MR) is 78.9 cm³/mol. The highest BCUT2D eigenvalue weighted by Gasteiger charge is 2.31. The third kappa shape index (κ3) is 4.88. The maximum absolute atomic E-state index is 12.8. The molecule has 0 fully saturated rings. The molecule has 0 amide bonds. The van der Waals surface area contributed by atoms with Crippen molar-refractivity contribution in [1.29, 1.82) is 0 Å². The molecular formula is C17H13F3O3. The second-order valence-corrected chi connectivity index (χ2v) is 4.70. The number of rotatable bonds is 5. The van der Waals surface area contributed by atoms with Crippen LogP contribution in [0.5, 0.6) is 5.75 Å². The first-order valence-corrected chi connectivity index (χ1v) is 6.65. The van der Waals surface area contributed by atoms with Crippen LogP contribution in [0.15, 0.2) is 54.6 Å². The molecule has 23 heavy (non-hydrogen) atoms. The highest BCUT2D eigenvalue weighted by molar-refractivity contribution is 5.85. The Morgan fingerprint density at radius 2 is 1.83 bits per heavy atom. The summed E-state index contributed by atoms with van der Waals surface area (Å²) in [5.41, 5.74) is 0.197. The molecule has 0 aliphatic rings. The lowest BCUT2D eigenvalue weighted by Gasteiger charge is -2.13. The van der Waals surface area contributed by atoms with Gasteiger partial charge in [0.05, 0.1) is 5.56 Å². The van der Waals surface area contributed by atoms with Crippen molar-refractivity contribution in [2.45, 2.75) is 12.8 Å². The van der Waals surface area contributed by atoms with Crippen molar-refractivity contribution in [3.63, 3.8) is 0 Å². The molecule has 0 radical (unpaired) electrons. The van der Waals surface area contributed by atoms with Crippen LogP contribution in [-0.2, 0) is 17.6 Å². The normalized spacial score (nSPS) is 11.6. The molecule has 0 bridgehead atoms. The third-order valence-electron chi connectivity index (χ3n) is 2.98. The molecule has 0 saturated carbocycles. The van der Waals surface area contributed by atoms with Gasteiger partial charge in [0, 0.05) is 11.6 Å². The van der Waals surface area contributed by atoms with E-state index in [-0.39, 0.29) is 17.9 Å². The summed E-state index contributed by atoms with van der Waals surface area (Å²) in [6.45, 7) is 0.0794. The number of carboxylic acid groups (broad SMARTS) is 1. The molecule has 1 N–H and O–H groups in total. The second-order valence-electron chi connectivity index (χ2n) is 4.70. The lowest BCUT2D eigenvalue weighted by Crippen LogP contribution is -2.06. The minimum Gasteiger partial charge on any atom is -0.488 e. The van der Waals surface area contributed by atoms with Crippen molar-refractivity contribution < 1.29 is 27.8 Å². The fourth-order valence-corrected chi connectivity index (χ4v) is 1.87. The van der Waals surface area contributed by atoms with E-state index in [0.717, 1.165) is 23.8 Å². The Labute approximate surface area is 130 Å². The number of halogens is 3. The maximum atomic E-state index is 12.8. The molecule has 0 atom stereocenters. The van der Waals surface area contributed by atoms with Gasteiger partial charge in [-0.3, -0.25) is 0 Å². The molecule has 2 aromatic rings. The Balaban J connectivity index is 2.30. The zero-order valence-electron chi connectivity index (χ0n) is 11.9. The van der Waals surface area contributed by atoms with Gasteiger partial charge in [-0.1, -0.05) is 36.4 Å². The molecule has 0 aromatic heterocycles. The highest BCUT2D eigenvalue weighted by atomic mass is 19.4. The highest BCUT2D eigenvalue weighted by Crippen LogP contribution is 2.33. The smallest absolute Gasteiger partial charge is 0.416 e. The number of benzene rings is 2. The average Bonchev–Trinajstić information content (AvgIpc) is 2.51. The second kappa shape index (κ2) is 7.00. The van der Waals surface area contributed by atoms with Gasteiger partial charge in [0.25, 0.3) is 0 Å². The van der Waals surface area contributed by atoms with Gasteiger partial charge >= 0.3 is 12.1 Å². The Bertz CT molecular complexity index is 707. The number of carbonyl (C=O) groups is 1. The van der Waals surface area contributed by atoms with Crippen LogP contribution in [0.3, 0.4) is 0 Å². The van der Waals surface area contributed by atoms with E-state index < -0.39 is 17.7 Å². The van der Waals surface area contributed by atoms with Crippen molar-refractivity contribution in [3.05, 3.63) is 71.3 Å². The van der Waals surface area contributed by atoms with Gasteiger partial charge in [0.1, 0.15) is 12.4 Å². The number of hydrogen-bond donors (Lipinski definition) is 1. The van der Waals surface area contributed by atoms with E-state index in [0.29, 0.717) is 0 Å². The van der Waals surface area contributed by atoms with E-state index in [1.165, 1.54) is 12.1 Å². The van der Waals surface area contributed by atoms with Crippen LogP contribution in [0, 0.1) is 0 Å². The van der Waals surface area contributed by atoms with Crippen molar-refractivity contribution in [1.82, 2.24) is 0 Å². The number of alkyl halides is 3. The predicted octanol–water partition coefficient (Wildman–Crippen LogP) is 4.38. The molecule has 2 rings (SSSR count). The molecule has 6 heteroatoms. The molecule has 0 spiro atoms. The summed E-state index contributed by atoms with van der Waals surface area (Å²) in [6, 6.07) is 11.9. The summed E-state index contributed by atoms with van der Waals surface area (Å²) < 4.78 is 43.9. The zero-order valence-corrected chi connectivity index (χ0v) is 11.9. The Hall–Kier alpha value is -2.76. The molecule has 3 nitrogen and oxygen atoms in total. The van der Waals surface area contributed by atoms with Crippen LogP contribution in [0.2, 0.25) is 0 Å². The first kappa shape index (κ1) is 16.6. The zero-order chi connectivity index (χ0) is 16.9. The molecule has 0 saturated heterocycles. The van der Waals surface area contributed by atoms with Gasteiger partial charge in [-0.2, -0.15) is 13.2 Å². The molecule has 0 heterocycles. The lowest BCUT2D eigenvalue weighted by molar-refractivity contribution is -0.137. The van der Waals surface area contributed by atoms with Gasteiger partial charge < -0.3 is 9.84 Å². The molecule has 0 aliphatic heterocycles. The van der Waals surface area contributed by atoms with Crippen molar-refractivity contribution >= 4 is 12.0 Å². The molecule has 0 unspecified atom stereocenters. The summed E-state index contributed by atoms with van der Waals surface area (Å²) in [5.74, 6) is -1.22. The summed E-state index contributed by atoms with van der Waals surface area (Å²) in [6.07, 6.45) is -2.46. The first-order valence-electron chi connectivity index (χ1n) is 6.65. The van der Waals surface area contributed by atoms with Gasteiger partial charge in [0.15, 0.2) is 0 Å². The van der Waals surface area contributed by atoms with Crippen LogP contribution in [0.25, 0.3) is 6.08 Å². The number of aliphatic carboxylic acids is 1. The van der Waals surface area contributed by atoms with Crippen molar-refractivity contribution in [2.75, 3.05) is 0 Å². The average molecular weight is 322 g/mol. The van der Waals surface area contributed by atoms with Crippen molar-refractivity contribution in [3.8, 4) is 5.75 Å². The van der Waals surface area contributed by atoms with E-state index in [1.807, 2.05) is 6.07 Å². The Morgan fingerprint density at radius 1 is 1.13 bits per heavy atom. The summed E-state index contributed by atoms with van der Waals surface area (Å²) in [4.78, 5) is 10.6. The minimum absolute atomic E-state index is 0.0267. The SMILES string of the molecule is O=C(O)C=Cc1ccc(C(F)(F)F)cc1OCc1ccccc1. The fourth-order valence-electron chi connectivity index (χ4n) is 1.87. The number of carboxylic acids is 1. The third-order valence-corrected chi connectivity index (χ3v) is 2.98. The summed E-state index contributed by atoms with van der Waals surface area (Å²) in [7, 11) is 0. The number of ether oxygens (including phenoxy) is 1. The lowest BCUT2D eigenvalue weighted by atomic mass is 10.1. The van der Waals surface area contributed by atoms with Crippen LogP contribution >= 0.6 is 0 Å². The molecular weight excluding hydrogens is 309 g/mol. The van der Waals surface area contributed by atoms with Crippen LogP contribution < -0.4 is 4.74 Å². The summed E-state index contributed by atoms with van der Waals surface area (Å²) in [5, 5.41) is 8.65. The quantitative estimate of drug-likeness (QED) is 0.831. The van der Waals surface area contributed by atoms with Crippen molar-refractivity contribution in [2.24, 2.45) is 0 Å². The topological polar surface area (TPSA) is 46.5 Å². The van der Waals surface area contributed by atoms with Gasteiger partial charge in [-0.15, -0.1) is 0 Å². The Kier molecular flexibility index (Phi) is 5.05. The first-order chi connectivity index (χ1) is 10.9. The molecule has 2 aromatic carbocycles. The van der Waals surface area contributed by atoms with Gasteiger partial charge in [-0.05, 0) is 23.8 Å². The standard InChI is InChI=1S/C17H13F3O3/c18-17(19,20)14-8-6-13(7-9-16(21)22)15(10-14)23-11-12-4-2-1-3-5-12/h1-10H,11H2,(H,21,22). The number of hydrogen-bond acceptors (Lipinski definition) is 2. The largest absolute Gasteiger partial charge is 0.488 e. The van der Waals surface area contributed by atoms with Crippen LogP contribution in [-0.4, -0.2) is 11.1 Å². The van der Waals surface area contributed by atoms with E-state index in [4.69, 9.17) is 9.84 Å². The Morgan fingerprint density at radius 3 is 2.43 bits per heavy atom. The van der Waals surface area contributed by atoms with E-state index in [1.54, 1.807) is 24.3 Å². The van der Waals surface area contributed by atoms with Crippen LogP contribution in [0.1, 0.15) is 16.7 Å². The van der Waals surface area contributed by atoms with Gasteiger partial charge in [-0.25, -0.2) is 4.79 Å². The minimum atomic E-state index is -4.50. The monoisotopic (exact) mass is 322 g/mol. The van der Waals surface area contributed by atoms with E-state index in [9.17, 15) is 18.0 Å². The maximum Gasteiger partial charge on any atom is 0.416 e. The summed E-state index contributed by atoms with van der Waals surface area (Å²) >= 11 is 0.